The number of rotatable bonds is 6. The van der Waals surface area contributed by atoms with Gasteiger partial charge in [-0.25, -0.2) is 14.4 Å². The summed E-state index contributed by atoms with van der Waals surface area (Å²) >= 11 is 12.4. The second-order valence-corrected chi connectivity index (χ2v) is 11.2. The first-order chi connectivity index (χ1) is 17.4. The number of likely N-dealkylation sites (N-methyl/N-ethyl adjacent to an activating group) is 1. The van der Waals surface area contributed by atoms with Gasteiger partial charge in [-0.05, 0) is 59.2 Å². The normalized spacial score (nSPS) is 21.1. The van der Waals surface area contributed by atoms with E-state index in [4.69, 9.17) is 27.9 Å². The zero-order valence-electron chi connectivity index (χ0n) is 22.4. The molecule has 0 spiro atoms. The summed E-state index contributed by atoms with van der Waals surface area (Å²) in [5.74, 6) is -0.497. The van der Waals surface area contributed by atoms with Gasteiger partial charge in [0.2, 0.25) is 0 Å². The van der Waals surface area contributed by atoms with E-state index in [0.29, 0.717) is 59.6 Å². The molecule has 37 heavy (non-hydrogen) atoms. The average Bonchev–Trinajstić information content (AvgIpc) is 2.79. The number of nitrogens with zero attached hydrogens (tertiary/aromatic N) is 3. The lowest BCUT2D eigenvalue weighted by Gasteiger charge is -2.43. The quantitative estimate of drug-likeness (QED) is 0.509. The number of ether oxygens (including phenoxy) is 1. The summed E-state index contributed by atoms with van der Waals surface area (Å²) in [6, 6.07) is 3.84. The fraction of sp³-hybridized carbons (Fsp3) is 0.577. The molecule has 204 valence electrons. The molecule has 0 bridgehead atoms. The van der Waals surface area contributed by atoms with Gasteiger partial charge in [-0.15, -0.1) is 0 Å². The van der Waals surface area contributed by atoms with Gasteiger partial charge in [0.25, 0.3) is 0 Å². The summed E-state index contributed by atoms with van der Waals surface area (Å²) in [7, 11) is 0. The highest BCUT2D eigenvalue weighted by Gasteiger charge is 2.39. The van der Waals surface area contributed by atoms with Crippen LogP contribution in [0.3, 0.4) is 0 Å². The van der Waals surface area contributed by atoms with Gasteiger partial charge in [0.05, 0.1) is 28.3 Å². The molecule has 2 aliphatic heterocycles. The molecule has 3 rings (SSSR count). The monoisotopic (exact) mass is 553 g/mol. The minimum Gasteiger partial charge on any atom is -0.463 e. The number of benzene rings is 1. The number of hydrogen-bond donors (Lipinski definition) is 2. The maximum atomic E-state index is 13.3. The van der Waals surface area contributed by atoms with Crippen LogP contribution in [0.4, 0.5) is 9.59 Å². The van der Waals surface area contributed by atoms with E-state index in [9.17, 15) is 14.4 Å². The SMILES string of the molecule is CCOC(=O)C1=C(CN2CCN(C(=O)NC(C)(C)C)C(C)C2)N(CC)C(=O)NC1c1ccc(Cl)c(Cl)c1. The molecule has 0 aromatic heterocycles. The third-order valence-corrected chi connectivity index (χ3v) is 7.09. The van der Waals surface area contributed by atoms with Gasteiger partial charge >= 0.3 is 18.0 Å². The highest BCUT2D eigenvalue weighted by atomic mass is 35.5. The lowest BCUT2D eigenvalue weighted by molar-refractivity contribution is -0.139. The van der Waals surface area contributed by atoms with Crippen LogP contribution in [0, 0.1) is 0 Å². The number of urea groups is 2. The Balaban J connectivity index is 1.95. The lowest BCUT2D eigenvalue weighted by Crippen LogP contribution is -2.59. The largest absolute Gasteiger partial charge is 0.463 e. The van der Waals surface area contributed by atoms with Gasteiger partial charge in [-0.3, -0.25) is 9.80 Å². The molecule has 2 atom stereocenters. The molecule has 1 saturated heterocycles. The third-order valence-electron chi connectivity index (χ3n) is 6.35. The molecule has 2 unspecified atom stereocenters. The van der Waals surface area contributed by atoms with Crippen molar-refractivity contribution < 1.29 is 19.1 Å². The van der Waals surface area contributed by atoms with E-state index in [1.54, 1.807) is 30.0 Å². The lowest BCUT2D eigenvalue weighted by atomic mass is 9.94. The molecule has 1 fully saturated rings. The molecule has 11 heteroatoms. The van der Waals surface area contributed by atoms with Crippen LogP contribution in [0.15, 0.2) is 29.5 Å². The number of carbonyl (C=O) groups is 3. The van der Waals surface area contributed by atoms with Crippen LogP contribution in [0.1, 0.15) is 53.1 Å². The number of carbonyl (C=O) groups excluding carboxylic acids is 3. The van der Waals surface area contributed by atoms with Crippen LogP contribution < -0.4 is 10.6 Å². The highest BCUT2D eigenvalue weighted by molar-refractivity contribution is 6.42. The van der Waals surface area contributed by atoms with Crippen molar-refractivity contribution in [2.24, 2.45) is 0 Å². The fourth-order valence-electron chi connectivity index (χ4n) is 4.68. The molecule has 1 aromatic carbocycles. The maximum Gasteiger partial charge on any atom is 0.338 e. The topological polar surface area (TPSA) is 94.2 Å². The van der Waals surface area contributed by atoms with E-state index < -0.39 is 12.0 Å². The molecule has 9 nitrogen and oxygen atoms in total. The zero-order chi connectivity index (χ0) is 27.5. The van der Waals surface area contributed by atoms with Crippen molar-refractivity contribution in [3.63, 3.8) is 0 Å². The van der Waals surface area contributed by atoms with E-state index >= 15 is 0 Å². The van der Waals surface area contributed by atoms with Gasteiger partial charge in [-0.2, -0.15) is 0 Å². The first-order valence-electron chi connectivity index (χ1n) is 12.6. The molecule has 1 aromatic rings. The summed E-state index contributed by atoms with van der Waals surface area (Å²) in [5, 5.41) is 6.67. The molecule has 0 aliphatic carbocycles. The second kappa shape index (κ2) is 11.9. The number of esters is 1. The van der Waals surface area contributed by atoms with Crippen LogP contribution in [-0.4, -0.2) is 83.6 Å². The summed E-state index contributed by atoms with van der Waals surface area (Å²) in [6.07, 6.45) is 0. The van der Waals surface area contributed by atoms with Crippen LogP contribution in [-0.2, 0) is 9.53 Å². The van der Waals surface area contributed by atoms with E-state index in [1.807, 2.05) is 39.5 Å². The molecular weight excluding hydrogens is 517 g/mol. The van der Waals surface area contributed by atoms with Crippen LogP contribution in [0.5, 0.6) is 0 Å². The molecule has 0 saturated carbocycles. The number of amides is 4. The Morgan fingerprint density at radius 3 is 2.43 bits per heavy atom. The first-order valence-corrected chi connectivity index (χ1v) is 13.4. The maximum absolute atomic E-state index is 13.3. The van der Waals surface area contributed by atoms with E-state index in [0.717, 1.165) is 0 Å². The molecule has 0 radical (unpaired) electrons. The number of hydrogen-bond acceptors (Lipinski definition) is 5. The Morgan fingerprint density at radius 1 is 1.16 bits per heavy atom. The summed E-state index contributed by atoms with van der Waals surface area (Å²) in [4.78, 5) is 44.8. The van der Waals surface area contributed by atoms with Crippen molar-refractivity contribution >= 4 is 41.2 Å². The Labute approximate surface area is 229 Å². The van der Waals surface area contributed by atoms with E-state index in [-0.39, 0.29) is 30.2 Å². The van der Waals surface area contributed by atoms with Gasteiger partial charge in [-0.1, -0.05) is 29.3 Å². The van der Waals surface area contributed by atoms with Gasteiger partial charge in [0.15, 0.2) is 0 Å². The molecule has 2 aliphatic rings. The highest BCUT2D eigenvalue weighted by Crippen LogP contribution is 2.35. The van der Waals surface area contributed by atoms with Crippen molar-refractivity contribution in [1.29, 1.82) is 0 Å². The van der Waals surface area contributed by atoms with Crippen LogP contribution >= 0.6 is 23.2 Å². The van der Waals surface area contributed by atoms with Gasteiger partial charge in [0.1, 0.15) is 0 Å². The first kappa shape index (κ1) is 29.1. The summed E-state index contributed by atoms with van der Waals surface area (Å²) in [5.41, 5.74) is 1.25. The number of piperazine rings is 1. The number of nitrogens with one attached hydrogen (secondary N) is 2. The minimum absolute atomic E-state index is 0.0545. The van der Waals surface area contributed by atoms with Gasteiger partial charge in [0, 0.05) is 50.0 Å². The Morgan fingerprint density at radius 2 is 1.86 bits per heavy atom. The number of halogens is 2. The Kier molecular flexibility index (Phi) is 9.37. The van der Waals surface area contributed by atoms with Crippen molar-refractivity contribution in [1.82, 2.24) is 25.3 Å². The van der Waals surface area contributed by atoms with E-state index in [2.05, 4.69) is 15.5 Å². The predicted octanol–water partition coefficient (Wildman–Crippen LogP) is 4.41. The molecular formula is C26H37Cl2N5O4. The zero-order valence-corrected chi connectivity index (χ0v) is 23.9. The smallest absolute Gasteiger partial charge is 0.338 e. The van der Waals surface area contributed by atoms with Crippen molar-refractivity contribution in [2.45, 2.75) is 59.2 Å². The Bertz CT molecular complexity index is 1070. The van der Waals surface area contributed by atoms with Crippen LogP contribution in [0.2, 0.25) is 10.0 Å². The fourth-order valence-corrected chi connectivity index (χ4v) is 4.99. The van der Waals surface area contributed by atoms with Crippen LogP contribution in [0.25, 0.3) is 0 Å². The summed E-state index contributed by atoms with van der Waals surface area (Å²) in [6.45, 7) is 14.1. The molecule has 4 amide bonds. The van der Waals surface area contributed by atoms with Crippen molar-refractivity contribution in [3.05, 3.63) is 45.1 Å². The third kappa shape index (κ3) is 6.89. The average molecular weight is 555 g/mol. The van der Waals surface area contributed by atoms with Gasteiger partial charge < -0.3 is 20.3 Å². The molecule has 2 heterocycles. The summed E-state index contributed by atoms with van der Waals surface area (Å²) < 4.78 is 5.44. The second-order valence-electron chi connectivity index (χ2n) is 10.3. The predicted molar refractivity (Wildman–Crippen MR) is 145 cm³/mol. The molecule has 2 N–H and O–H groups in total. The van der Waals surface area contributed by atoms with Crippen molar-refractivity contribution in [3.8, 4) is 0 Å². The van der Waals surface area contributed by atoms with E-state index in [1.165, 1.54) is 0 Å². The van der Waals surface area contributed by atoms with Crippen molar-refractivity contribution in [2.75, 3.05) is 39.3 Å². The minimum atomic E-state index is -0.740. The Hall–Kier alpha value is -2.49. The standard InChI is InChI=1S/C26H37Cl2N5O4/c1-7-32-20(15-31-11-12-33(16(3)14-31)25(36)30-26(4,5)6)21(23(34)37-8-2)22(29-24(32)35)17-9-10-18(27)19(28)13-17/h9-10,13,16,22H,7-8,11-12,14-15H2,1-6H3,(H,29,35)(H,30,36).